The van der Waals surface area contributed by atoms with Crippen LogP contribution < -0.4 is 0 Å². The fraction of sp³-hybridized carbons (Fsp3) is 0.714. The zero-order valence-electron chi connectivity index (χ0n) is 14.9. The topological polar surface area (TPSA) is 0 Å². The molecule has 21 heavy (non-hydrogen) atoms. The molecule has 4 unspecified atom stereocenters. The Morgan fingerprint density at radius 2 is 1.57 bits per heavy atom. The molecule has 0 N–H and O–H groups in total. The molecule has 0 heteroatoms. The van der Waals surface area contributed by atoms with Crippen LogP contribution in [0, 0.1) is 36.5 Å². The van der Waals surface area contributed by atoms with Crippen molar-refractivity contribution in [1.82, 2.24) is 0 Å². The van der Waals surface area contributed by atoms with Gasteiger partial charge in [0, 0.05) is 0 Å². The molecule has 1 fully saturated rings. The SMILES string of the molecule is CCC1CC(C(C)C)CC(C(C)C)C1c1ccc(C)cc1. The van der Waals surface area contributed by atoms with Crippen LogP contribution in [0.25, 0.3) is 0 Å². The van der Waals surface area contributed by atoms with E-state index in [4.69, 9.17) is 0 Å². The molecule has 0 aromatic heterocycles. The Labute approximate surface area is 132 Å². The van der Waals surface area contributed by atoms with Gasteiger partial charge in [-0.3, -0.25) is 0 Å². The Balaban J connectivity index is 2.32. The summed E-state index contributed by atoms with van der Waals surface area (Å²) in [6.45, 7) is 14.3. The van der Waals surface area contributed by atoms with Crippen LogP contribution in [-0.2, 0) is 0 Å². The van der Waals surface area contributed by atoms with Gasteiger partial charge in [-0.25, -0.2) is 0 Å². The van der Waals surface area contributed by atoms with Crippen LogP contribution in [0.1, 0.15) is 70.9 Å². The standard InChI is InChI=1S/C21H34/c1-7-17-12-19(14(2)3)13-20(15(4)5)21(17)18-10-8-16(6)9-11-18/h8-11,14-15,17,19-21H,7,12-13H2,1-6H3. The Bertz CT molecular complexity index is 426. The second-order valence-corrected chi connectivity index (χ2v) is 7.99. The molecular weight excluding hydrogens is 252 g/mol. The maximum absolute atomic E-state index is 2.43. The van der Waals surface area contributed by atoms with Crippen LogP contribution in [0.3, 0.4) is 0 Å². The van der Waals surface area contributed by atoms with Crippen LogP contribution in [0.4, 0.5) is 0 Å². The summed E-state index contributed by atoms with van der Waals surface area (Å²) in [6, 6.07) is 9.39. The molecule has 0 heterocycles. The molecule has 0 saturated heterocycles. The fourth-order valence-corrected chi connectivity index (χ4v) is 4.44. The number of hydrogen-bond acceptors (Lipinski definition) is 0. The van der Waals surface area contributed by atoms with Crippen LogP contribution in [0.2, 0.25) is 0 Å². The quantitative estimate of drug-likeness (QED) is 0.597. The summed E-state index contributed by atoms with van der Waals surface area (Å²) >= 11 is 0. The first-order valence-electron chi connectivity index (χ1n) is 9.00. The minimum absolute atomic E-state index is 0.769. The van der Waals surface area contributed by atoms with E-state index in [9.17, 15) is 0 Å². The van der Waals surface area contributed by atoms with E-state index in [-0.39, 0.29) is 0 Å². The molecule has 0 bridgehead atoms. The minimum atomic E-state index is 0.769. The third-order valence-electron chi connectivity index (χ3n) is 5.94. The summed E-state index contributed by atoms with van der Waals surface area (Å²) in [5.74, 6) is 5.01. The maximum Gasteiger partial charge on any atom is -0.0103 e. The lowest BCUT2D eigenvalue weighted by molar-refractivity contribution is 0.0954. The van der Waals surface area contributed by atoms with Gasteiger partial charge in [0.2, 0.25) is 0 Å². The number of benzene rings is 1. The molecule has 0 aliphatic heterocycles. The van der Waals surface area contributed by atoms with Gasteiger partial charge in [-0.15, -0.1) is 0 Å². The van der Waals surface area contributed by atoms with Crippen molar-refractivity contribution in [2.24, 2.45) is 29.6 Å². The molecule has 1 aromatic carbocycles. The number of rotatable bonds is 4. The van der Waals surface area contributed by atoms with E-state index in [0.29, 0.717) is 0 Å². The first-order chi connectivity index (χ1) is 9.93. The Kier molecular flexibility index (Phi) is 5.52. The van der Waals surface area contributed by atoms with Gasteiger partial charge in [0.15, 0.2) is 0 Å². The molecule has 118 valence electrons. The zero-order chi connectivity index (χ0) is 15.6. The Morgan fingerprint density at radius 1 is 0.952 bits per heavy atom. The van der Waals surface area contributed by atoms with E-state index in [1.54, 1.807) is 5.56 Å². The van der Waals surface area contributed by atoms with Crippen LogP contribution in [0.15, 0.2) is 24.3 Å². The molecule has 0 amide bonds. The Morgan fingerprint density at radius 3 is 2.05 bits per heavy atom. The summed E-state index contributed by atoms with van der Waals surface area (Å²) in [4.78, 5) is 0. The predicted octanol–water partition coefficient (Wildman–Crippen LogP) is 6.44. The minimum Gasteiger partial charge on any atom is -0.0651 e. The monoisotopic (exact) mass is 286 g/mol. The Hall–Kier alpha value is -0.780. The van der Waals surface area contributed by atoms with Crippen LogP contribution in [-0.4, -0.2) is 0 Å². The van der Waals surface area contributed by atoms with Gasteiger partial charge in [-0.2, -0.15) is 0 Å². The van der Waals surface area contributed by atoms with Crippen molar-refractivity contribution in [3.8, 4) is 0 Å². The summed E-state index contributed by atoms with van der Waals surface area (Å²) < 4.78 is 0. The summed E-state index contributed by atoms with van der Waals surface area (Å²) in [5.41, 5.74) is 2.97. The predicted molar refractivity (Wildman–Crippen MR) is 93.6 cm³/mol. The largest absolute Gasteiger partial charge is 0.0651 e. The number of aryl methyl sites for hydroxylation is 1. The van der Waals surface area contributed by atoms with Crippen molar-refractivity contribution in [2.45, 2.75) is 66.7 Å². The van der Waals surface area contributed by atoms with Crippen molar-refractivity contribution in [2.75, 3.05) is 0 Å². The maximum atomic E-state index is 2.43. The van der Waals surface area contributed by atoms with Gasteiger partial charge in [-0.1, -0.05) is 70.9 Å². The first-order valence-corrected chi connectivity index (χ1v) is 9.00. The molecule has 2 rings (SSSR count). The third kappa shape index (κ3) is 3.71. The van der Waals surface area contributed by atoms with Crippen molar-refractivity contribution in [3.63, 3.8) is 0 Å². The molecule has 0 nitrogen and oxygen atoms in total. The highest BCUT2D eigenvalue weighted by Gasteiger charge is 2.39. The van der Waals surface area contributed by atoms with E-state index in [2.05, 4.69) is 65.8 Å². The molecule has 4 atom stereocenters. The molecule has 1 aromatic rings. The molecule has 1 aliphatic rings. The molecule has 1 saturated carbocycles. The average molecular weight is 287 g/mol. The van der Waals surface area contributed by atoms with E-state index in [1.165, 1.54) is 24.8 Å². The third-order valence-corrected chi connectivity index (χ3v) is 5.94. The molecule has 0 spiro atoms. The van der Waals surface area contributed by atoms with E-state index < -0.39 is 0 Å². The number of hydrogen-bond donors (Lipinski definition) is 0. The highest BCUT2D eigenvalue weighted by atomic mass is 14.4. The molecule has 0 radical (unpaired) electrons. The normalized spacial score (nSPS) is 30.1. The van der Waals surface area contributed by atoms with E-state index >= 15 is 0 Å². The van der Waals surface area contributed by atoms with Crippen LogP contribution >= 0.6 is 0 Å². The van der Waals surface area contributed by atoms with Crippen molar-refractivity contribution < 1.29 is 0 Å². The van der Waals surface area contributed by atoms with E-state index in [1.807, 2.05) is 0 Å². The van der Waals surface area contributed by atoms with Crippen molar-refractivity contribution in [1.29, 1.82) is 0 Å². The van der Waals surface area contributed by atoms with Gasteiger partial charge in [0.1, 0.15) is 0 Å². The highest BCUT2D eigenvalue weighted by molar-refractivity contribution is 5.26. The lowest BCUT2D eigenvalue weighted by atomic mass is 9.59. The summed E-state index contributed by atoms with van der Waals surface area (Å²) in [5, 5.41) is 0. The smallest absolute Gasteiger partial charge is 0.0103 e. The second-order valence-electron chi connectivity index (χ2n) is 7.99. The molecular formula is C21H34. The zero-order valence-corrected chi connectivity index (χ0v) is 14.9. The fourth-order valence-electron chi connectivity index (χ4n) is 4.44. The lowest BCUT2D eigenvalue weighted by Crippen LogP contribution is -2.35. The second kappa shape index (κ2) is 6.99. The average Bonchev–Trinajstić information content (AvgIpc) is 2.46. The molecule has 1 aliphatic carbocycles. The summed E-state index contributed by atoms with van der Waals surface area (Å²) in [7, 11) is 0. The lowest BCUT2D eigenvalue weighted by Gasteiger charge is -2.45. The van der Waals surface area contributed by atoms with Gasteiger partial charge in [0.25, 0.3) is 0 Å². The van der Waals surface area contributed by atoms with Gasteiger partial charge >= 0.3 is 0 Å². The highest BCUT2D eigenvalue weighted by Crippen LogP contribution is 2.50. The van der Waals surface area contributed by atoms with Gasteiger partial charge in [0.05, 0.1) is 0 Å². The van der Waals surface area contributed by atoms with E-state index in [0.717, 1.165) is 35.5 Å². The van der Waals surface area contributed by atoms with Crippen molar-refractivity contribution >= 4 is 0 Å². The van der Waals surface area contributed by atoms with Gasteiger partial charge < -0.3 is 0 Å². The van der Waals surface area contributed by atoms with Crippen LogP contribution in [0.5, 0.6) is 0 Å². The summed E-state index contributed by atoms with van der Waals surface area (Å²) in [6.07, 6.45) is 4.17. The van der Waals surface area contributed by atoms with Gasteiger partial charge in [-0.05, 0) is 60.8 Å². The first kappa shape index (κ1) is 16.6. The van der Waals surface area contributed by atoms with Crippen molar-refractivity contribution in [3.05, 3.63) is 35.4 Å².